The first-order valence-electron chi connectivity index (χ1n) is 5.53. The molecule has 104 valence electrons. The SMILES string of the molecule is CC(C)OCCNC(=O)NCC(=O)NCC(=O)O. The first-order chi connectivity index (χ1) is 8.41. The zero-order valence-electron chi connectivity index (χ0n) is 10.5. The maximum Gasteiger partial charge on any atom is 0.322 e. The van der Waals surface area contributed by atoms with Crippen LogP contribution in [0.4, 0.5) is 4.79 Å². The summed E-state index contributed by atoms with van der Waals surface area (Å²) in [6.07, 6.45) is 0.0941. The average Bonchev–Trinajstić information content (AvgIpc) is 2.29. The molecule has 0 saturated heterocycles. The highest BCUT2D eigenvalue weighted by atomic mass is 16.5. The van der Waals surface area contributed by atoms with Gasteiger partial charge in [0.15, 0.2) is 0 Å². The van der Waals surface area contributed by atoms with Crippen LogP contribution in [0.15, 0.2) is 0 Å². The molecule has 0 aliphatic carbocycles. The smallest absolute Gasteiger partial charge is 0.322 e. The predicted octanol–water partition coefficient (Wildman–Crippen LogP) is -1.09. The topological polar surface area (TPSA) is 117 Å². The molecular formula is C10H19N3O5. The van der Waals surface area contributed by atoms with E-state index in [0.29, 0.717) is 13.2 Å². The molecule has 0 aromatic carbocycles. The van der Waals surface area contributed by atoms with Crippen LogP contribution < -0.4 is 16.0 Å². The van der Waals surface area contributed by atoms with Crippen molar-refractivity contribution in [1.29, 1.82) is 0 Å². The summed E-state index contributed by atoms with van der Waals surface area (Å²) in [5, 5.41) is 15.2. The lowest BCUT2D eigenvalue weighted by molar-refractivity contribution is -0.137. The van der Waals surface area contributed by atoms with Gasteiger partial charge in [0.25, 0.3) is 0 Å². The van der Waals surface area contributed by atoms with Gasteiger partial charge in [-0.1, -0.05) is 0 Å². The second kappa shape index (κ2) is 9.23. The van der Waals surface area contributed by atoms with Crippen LogP contribution in [0.1, 0.15) is 13.8 Å². The first kappa shape index (κ1) is 16.2. The minimum Gasteiger partial charge on any atom is -0.480 e. The quantitative estimate of drug-likeness (QED) is 0.414. The summed E-state index contributed by atoms with van der Waals surface area (Å²) in [5.41, 5.74) is 0. The van der Waals surface area contributed by atoms with E-state index in [1.54, 1.807) is 0 Å². The number of aliphatic carboxylic acids is 1. The zero-order valence-corrected chi connectivity index (χ0v) is 10.5. The normalized spacial score (nSPS) is 9.94. The zero-order chi connectivity index (χ0) is 14.0. The maximum atomic E-state index is 11.2. The van der Waals surface area contributed by atoms with Gasteiger partial charge in [0.1, 0.15) is 6.54 Å². The fourth-order valence-electron chi connectivity index (χ4n) is 0.919. The van der Waals surface area contributed by atoms with Crippen molar-refractivity contribution in [3.05, 3.63) is 0 Å². The molecule has 0 heterocycles. The minimum absolute atomic E-state index is 0.0941. The summed E-state index contributed by atoms with van der Waals surface area (Å²) >= 11 is 0. The molecule has 0 atom stereocenters. The number of hydrogen-bond acceptors (Lipinski definition) is 4. The van der Waals surface area contributed by atoms with E-state index in [2.05, 4.69) is 16.0 Å². The Morgan fingerprint density at radius 1 is 1.11 bits per heavy atom. The summed E-state index contributed by atoms with van der Waals surface area (Å²) < 4.78 is 5.20. The maximum absolute atomic E-state index is 11.2. The van der Waals surface area contributed by atoms with Gasteiger partial charge in [0.2, 0.25) is 5.91 Å². The standard InChI is InChI=1S/C10H19N3O5/c1-7(2)18-4-3-11-10(17)13-5-8(14)12-6-9(15)16/h7H,3-6H2,1-2H3,(H,12,14)(H,15,16)(H2,11,13,17). The van der Waals surface area contributed by atoms with E-state index < -0.39 is 24.5 Å². The van der Waals surface area contributed by atoms with Crippen LogP contribution in [-0.4, -0.2) is 55.4 Å². The Bertz CT molecular complexity index is 293. The van der Waals surface area contributed by atoms with Crippen molar-refractivity contribution in [1.82, 2.24) is 16.0 Å². The third-order valence-corrected chi connectivity index (χ3v) is 1.69. The van der Waals surface area contributed by atoms with Crippen LogP contribution in [-0.2, 0) is 14.3 Å². The summed E-state index contributed by atoms with van der Waals surface area (Å²) in [6.45, 7) is 3.74. The van der Waals surface area contributed by atoms with E-state index in [1.807, 2.05) is 13.8 Å². The molecule has 0 aromatic rings. The fourth-order valence-corrected chi connectivity index (χ4v) is 0.919. The van der Waals surface area contributed by atoms with Crippen LogP contribution in [0.2, 0.25) is 0 Å². The summed E-state index contributed by atoms with van der Waals surface area (Å²) in [7, 11) is 0. The predicted molar refractivity (Wildman–Crippen MR) is 63.1 cm³/mol. The molecule has 3 amide bonds. The van der Waals surface area contributed by atoms with Crippen molar-refractivity contribution < 1.29 is 24.2 Å². The summed E-state index contributed by atoms with van der Waals surface area (Å²) in [6, 6.07) is -0.507. The lowest BCUT2D eigenvalue weighted by Crippen LogP contribution is -2.43. The lowest BCUT2D eigenvalue weighted by atomic mass is 10.5. The molecule has 0 aliphatic heterocycles. The number of hydrogen-bond donors (Lipinski definition) is 4. The van der Waals surface area contributed by atoms with Crippen LogP contribution in [0.3, 0.4) is 0 Å². The van der Waals surface area contributed by atoms with Gasteiger partial charge >= 0.3 is 12.0 Å². The highest BCUT2D eigenvalue weighted by molar-refractivity contribution is 5.86. The number of rotatable bonds is 8. The molecule has 0 aromatic heterocycles. The molecule has 0 unspecified atom stereocenters. The summed E-state index contributed by atoms with van der Waals surface area (Å²) in [4.78, 5) is 32.3. The highest BCUT2D eigenvalue weighted by Gasteiger charge is 2.06. The van der Waals surface area contributed by atoms with E-state index in [1.165, 1.54) is 0 Å². The van der Waals surface area contributed by atoms with Gasteiger partial charge in [-0.25, -0.2) is 4.79 Å². The number of carbonyl (C=O) groups excluding carboxylic acids is 2. The van der Waals surface area contributed by atoms with Gasteiger partial charge < -0.3 is 25.8 Å². The van der Waals surface area contributed by atoms with Gasteiger partial charge in [-0.3, -0.25) is 9.59 Å². The van der Waals surface area contributed by atoms with E-state index in [-0.39, 0.29) is 12.6 Å². The van der Waals surface area contributed by atoms with Crippen LogP contribution in [0.25, 0.3) is 0 Å². The number of carbonyl (C=O) groups is 3. The highest BCUT2D eigenvalue weighted by Crippen LogP contribution is 1.84. The fraction of sp³-hybridized carbons (Fsp3) is 0.700. The van der Waals surface area contributed by atoms with Gasteiger partial charge in [-0.15, -0.1) is 0 Å². The molecule has 0 rings (SSSR count). The van der Waals surface area contributed by atoms with Crippen LogP contribution in [0, 0.1) is 0 Å². The van der Waals surface area contributed by atoms with Crippen molar-refractivity contribution in [3.63, 3.8) is 0 Å². The molecule has 0 saturated carbocycles. The minimum atomic E-state index is -1.14. The molecule has 8 heteroatoms. The molecule has 8 nitrogen and oxygen atoms in total. The average molecular weight is 261 g/mol. The third-order valence-electron chi connectivity index (χ3n) is 1.69. The van der Waals surface area contributed by atoms with E-state index in [9.17, 15) is 14.4 Å². The monoisotopic (exact) mass is 261 g/mol. The molecule has 0 aliphatic rings. The number of nitrogens with one attached hydrogen (secondary N) is 3. The second-order valence-corrected chi connectivity index (χ2v) is 3.70. The molecular weight excluding hydrogens is 242 g/mol. The van der Waals surface area contributed by atoms with Gasteiger partial charge in [-0.05, 0) is 13.8 Å². The number of carboxylic acid groups (broad SMARTS) is 1. The van der Waals surface area contributed by atoms with Crippen LogP contribution in [0.5, 0.6) is 0 Å². The number of urea groups is 1. The summed E-state index contributed by atoms with van der Waals surface area (Å²) in [5.74, 6) is -1.70. The Balaban J connectivity index is 3.52. The van der Waals surface area contributed by atoms with E-state index in [0.717, 1.165) is 0 Å². The number of amides is 3. The number of ether oxygens (including phenoxy) is 1. The van der Waals surface area contributed by atoms with Gasteiger partial charge in [0, 0.05) is 6.54 Å². The van der Waals surface area contributed by atoms with Gasteiger partial charge in [0.05, 0.1) is 19.3 Å². The Labute approximate surface area is 105 Å². The Morgan fingerprint density at radius 2 is 1.78 bits per heavy atom. The number of carboxylic acids is 1. The molecule has 0 spiro atoms. The van der Waals surface area contributed by atoms with E-state index in [4.69, 9.17) is 9.84 Å². The van der Waals surface area contributed by atoms with Crippen molar-refractivity contribution in [2.45, 2.75) is 20.0 Å². The van der Waals surface area contributed by atoms with Crippen molar-refractivity contribution in [2.24, 2.45) is 0 Å². The first-order valence-corrected chi connectivity index (χ1v) is 5.53. The van der Waals surface area contributed by atoms with E-state index >= 15 is 0 Å². The molecule has 0 bridgehead atoms. The Kier molecular flexibility index (Phi) is 8.29. The van der Waals surface area contributed by atoms with Crippen molar-refractivity contribution in [2.75, 3.05) is 26.2 Å². The van der Waals surface area contributed by atoms with Gasteiger partial charge in [-0.2, -0.15) is 0 Å². The van der Waals surface area contributed by atoms with Crippen molar-refractivity contribution in [3.8, 4) is 0 Å². The van der Waals surface area contributed by atoms with Crippen LogP contribution >= 0.6 is 0 Å². The molecule has 18 heavy (non-hydrogen) atoms. The molecule has 4 N–H and O–H groups in total. The Morgan fingerprint density at radius 3 is 2.33 bits per heavy atom. The van der Waals surface area contributed by atoms with Crippen molar-refractivity contribution >= 4 is 17.9 Å². The largest absolute Gasteiger partial charge is 0.480 e. The molecule has 0 radical (unpaired) electrons. The Hall–Kier alpha value is -1.83. The third kappa shape index (κ3) is 10.7. The second-order valence-electron chi connectivity index (χ2n) is 3.70. The molecule has 0 fully saturated rings. The lowest BCUT2D eigenvalue weighted by Gasteiger charge is -2.09.